The van der Waals surface area contributed by atoms with Crippen molar-refractivity contribution < 1.29 is 17.2 Å². The third-order valence-corrected chi connectivity index (χ3v) is 6.29. The van der Waals surface area contributed by atoms with E-state index in [1.54, 1.807) is 27.7 Å². The van der Waals surface area contributed by atoms with Gasteiger partial charge in [-0.2, -0.15) is 0 Å². The molecule has 1 rings (SSSR count). The van der Waals surface area contributed by atoms with E-state index < -0.39 is 26.2 Å². The lowest BCUT2D eigenvalue weighted by atomic mass is 10.1. The molecule has 0 spiro atoms. The quantitative estimate of drug-likeness (QED) is 0.355. The van der Waals surface area contributed by atoms with Crippen LogP contribution in [-0.2, 0) is 9.84 Å². The molecule has 5 nitrogen and oxygen atoms in total. The van der Waals surface area contributed by atoms with Gasteiger partial charge in [-0.15, -0.1) is 24.0 Å². The van der Waals surface area contributed by atoms with E-state index in [1.807, 2.05) is 6.92 Å². The molecular formula is C17H28F2IN3O2S. The van der Waals surface area contributed by atoms with Crippen LogP contribution in [0.2, 0.25) is 0 Å². The van der Waals surface area contributed by atoms with E-state index in [-0.39, 0.29) is 42.3 Å². The molecule has 150 valence electrons. The fraction of sp³-hybridized carbons (Fsp3) is 0.588. The monoisotopic (exact) mass is 503 g/mol. The number of rotatable bonds is 6. The number of guanidine groups is 1. The Morgan fingerprint density at radius 1 is 1.23 bits per heavy atom. The Morgan fingerprint density at radius 3 is 2.35 bits per heavy atom. The first-order valence-corrected chi connectivity index (χ1v) is 9.85. The molecule has 0 radical (unpaired) electrons. The number of aliphatic imine (C=N–C) groups is 1. The maximum Gasteiger partial charge on any atom is 0.191 e. The number of hydrogen-bond acceptors (Lipinski definition) is 3. The molecule has 0 aromatic heterocycles. The number of sulfone groups is 1. The zero-order valence-electron chi connectivity index (χ0n) is 15.8. The fourth-order valence-electron chi connectivity index (χ4n) is 1.97. The molecule has 0 aliphatic rings. The van der Waals surface area contributed by atoms with Gasteiger partial charge in [0, 0.05) is 6.54 Å². The van der Waals surface area contributed by atoms with Crippen molar-refractivity contribution in [3.05, 3.63) is 35.4 Å². The highest BCUT2D eigenvalue weighted by Crippen LogP contribution is 2.17. The Bertz CT molecular complexity index is 719. The Labute approximate surface area is 172 Å². The molecule has 1 aromatic carbocycles. The van der Waals surface area contributed by atoms with Gasteiger partial charge < -0.3 is 10.6 Å². The predicted molar refractivity (Wildman–Crippen MR) is 113 cm³/mol. The first-order chi connectivity index (χ1) is 11.5. The van der Waals surface area contributed by atoms with Gasteiger partial charge in [0.15, 0.2) is 27.4 Å². The van der Waals surface area contributed by atoms with Crippen LogP contribution in [0.5, 0.6) is 0 Å². The van der Waals surface area contributed by atoms with Crippen molar-refractivity contribution in [1.82, 2.24) is 10.6 Å². The summed E-state index contributed by atoms with van der Waals surface area (Å²) >= 11 is 0. The second kappa shape index (κ2) is 10.4. The summed E-state index contributed by atoms with van der Waals surface area (Å²) in [4.78, 5) is 4.27. The summed E-state index contributed by atoms with van der Waals surface area (Å²) in [6.45, 7) is 9.32. The van der Waals surface area contributed by atoms with Crippen molar-refractivity contribution in [2.24, 2.45) is 4.99 Å². The molecule has 0 heterocycles. The van der Waals surface area contributed by atoms with Gasteiger partial charge in [-0.05, 0) is 52.3 Å². The Balaban J connectivity index is 0.00000625. The molecular weight excluding hydrogens is 475 g/mol. The van der Waals surface area contributed by atoms with Gasteiger partial charge in [0.2, 0.25) is 0 Å². The van der Waals surface area contributed by atoms with Crippen molar-refractivity contribution in [2.75, 3.05) is 18.8 Å². The van der Waals surface area contributed by atoms with Gasteiger partial charge in [-0.1, -0.05) is 6.07 Å². The third-order valence-electron chi connectivity index (χ3n) is 3.70. The van der Waals surface area contributed by atoms with Crippen LogP contribution in [0.25, 0.3) is 0 Å². The van der Waals surface area contributed by atoms with E-state index in [4.69, 9.17) is 0 Å². The Kier molecular flexibility index (Phi) is 10.00. The first kappa shape index (κ1) is 25.0. The summed E-state index contributed by atoms with van der Waals surface area (Å²) in [5.41, 5.74) is 0.562. The van der Waals surface area contributed by atoms with Gasteiger partial charge in [0.05, 0.1) is 23.1 Å². The fourth-order valence-corrected chi connectivity index (χ4v) is 2.92. The van der Waals surface area contributed by atoms with E-state index in [9.17, 15) is 17.2 Å². The average molecular weight is 503 g/mol. The minimum absolute atomic E-state index is 0. The second-order valence-electron chi connectivity index (χ2n) is 6.73. The van der Waals surface area contributed by atoms with Crippen LogP contribution in [0, 0.1) is 11.6 Å². The van der Waals surface area contributed by atoms with Gasteiger partial charge in [-0.3, -0.25) is 4.99 Å². The third kappa shape index (κ3) is 7.34. The molecule has 0 bridgehead atoms. The highest BCUT2D eigenvalue weighted by Gasteiger charge is 2.28. The van der Waals surface area contributed by atoms with Gasteiger partial charge in [0.1, 0.15) is 0 Å². The highest BCUT2D eigenvalue weighted by molar-refractivity contribution is 14.0. The summed E-state index contributed by atoms with van der Waals surface area (Å²) in [5, 5.41) is 6.07. The molecule has 0 amide bonds. The molecule has 0 aliphatic heterocycles. The van der Waals surface area contributed by atoms with Crippen LogP contribution in [-0.4, -0.2) is 38.0 Å². The Morgan fingerprint density at radius 2 is 1.85 bits per heavy atom. The summed E-state index contributed by atoms with van der Waals surface area (Å²) < 4.78 is 49.8. The molecule has 0 saturated heterocycles. The van der Waals surface area contributed by atoms with Gasteiger partial charge in [-0.25, -0.2) is 17.2 Å². The molecule has 0 fully saturated rings. The molecule has 26 heavy (non-hydrogen) atoms. The number of nitrogens with zero attached hydrogens (tertiary/aromatic N) is 1. The minimum atomic E-state index is -3.25. The summed E-state index contributed by atoms with van der Waals surface area (Å²) in [6.07, 6.45) is 0. The molecule has 1 unspecified atom stereocenters. The molecule has 1 atom stereocenters. The van der Waals surface area contributed by atoms with Crippen LogP contribution < -0.4 is 10.6 Å². The average Bonchev–Trinajstić information content (AvgIpc) is 2.48. The van der Waals surface area contributed by atoms with Crippen LogP contribution in [0.1, 0.15) is 46.2 Å². The topological polar surface area (TPSA) is 70.6 Å². The molecule has 0 aliphatic carbocycles. The van der Waals surface area contributed by atoms with E-state index in [1.165, 1.54) is 6.07 Å². The van der Waals surface area contributed by atoms with E-state index in [0.29, 0.717) is 18.1 Å². The predicted octanol–water partition coefficient (Wildman–Crippen LogP) is 3.41. The molecule has 0 saturated carbocycles. The van der Waals surface area contributed by atoms with Crippen LogP contribution in [0.4, 0.5) is 8.78 Å². The summed E-state index contributed by atoms with van der Waals surface area (Å²) in [6, 6.07) is 3.36. The standard InChI is InChI=1S/C17H27F2N3O2S.HI/c1-6-20-16(21-9-10-25(23,24)17(3,4)5)22-12(2)13-7-8-14(18)15(19)11-13;/h7-8,11-12H,6,9-10H2,1-5H3,(H2,20,21,22);1H. The molecule has 2 N–H and O–H groups in total. The summed E-state index contributed by atoms with van der Waals surface area (Å²) in [7, 11) is -3.25. The smallest absolute Gasteiger partial charge is 0.191 e. The number of benzene rings is 1. The lowest BCUT2D eigenvalue weighted by Crippen LogP contribution is -2.39. The summed E-state index contributed by atoms with van der Waals surface area (Å²) in [5.74, 6) is -1.45. The zero-order valence-corrected chi connectivity index (χ0v) is 18.9. The lowest BCUT2D eigenvalue weighted by molar-refractivity contribution is 0.504. The van der Waals surface area contributed by atoms with Crippen molar-refractivity contribution in [3.8, 4) is 0 Å². The lowest BCUT2D eigenvalue weighted by Gasteiger charge is -2.20. The van der Waals surface area contributed by atoms with Crippen molar-refractivity contribution in [3.63, 3.8) is 0 Å². The van der Waals surface area contributed by atoms with Crippen molar-refractivity contribution >= 4 is 39.8 Å². The largest absolute Gasteiger partial charge is 0.357 e. The van der Waals surface area contributed by atoms with E-state index in [0.717, 1.165) is 12.1 Å². The van der Waals surface area contributed by atoms with E-state index >= 15 is 0 Å². The van der Waals surface area contributed by atoms with Crippen LogP contribution in [0.3, 0.4) is 0 Å². The number of halogens is 3. The van der Waals surface area contributed by atoms with Gasteiger partial charge in [0.25, 0.3) is 0 Å². The maximum atomic E-state index is 13.4. The second-order valence-corrected chi connectivity index (χ2v) is 9.59. The van der Waals surface area contributed by atoms with E-state index in [2.05, 4.69) is 15.6 Å². The maximum absolute atomic E-state index is 13.4. The number of hydrogen-bond donors (Lipinski definition) is 2. The van der Waals surface area contributed by atoms with Gasteiger partial charge >= 0.3 is 0 Å². The highest BCUT2D eigenvalue weighted by atomic mass is 127. The zero-order chi connectivity index (χ0) is 19.3. The minimum Gasteiger partial charge on any atom is -0.357 e. The molecule has 1 aromatic rings. The van der Waals surface area contributed by atoms with Crippen LogP contribution >= 0.6 is 24.0 Å². The SMILES string of the molecule is CCNC(=NCCS(=O)(=O)C(C)(C)C)NC(C)c1ccc(F)c(F)c1.I. The number of nitrogens with one attached hydrogen (secondary N) is 2. The van der Waals surface area contributed by atoms with Crippen LogP contribution in [0.15, 0.2) is 23.2 Å². The van der Waals surface area contributed by atoms with Crippen molar-refractivity contribution in [1.29, 1.82) is 0 Å². The molecule has 9 heteroatoms. The normalized spacial score (nSPS) is 13.7. The van der Waals surface area contributed by atoms with Crippen molar-refractivity contribution in [2.45, 2.75) is 45.4 Å². The Hall–Kier alpha value is -0.970. The first-order valence-electron chi connectivity index (χ1n) is 8.20.